The summed E-state index contributed by atoms with van der Waals surface area (Å²) in [6, 6.07) is 12.4. The summed E-state index contributed by atoms with van der Waals surface area (Å²) in [6.45, 7) is 3.19. The van der Waals surface area contributed by atoms with E-state index in [1.165, 1.54) is 16.7 Å². The van der Waals surface area contributed by atoms with Crippen LogP contribution in [0, 0.1) is 0 Å². The topological polar surface area (TPSA) is 21.7 Å². The lowest BCUT2D eigenvalue weighted by Gasteiger charge is -2.29. The van der Waals surface area contributed by atoms with E-state index in [1.807, 2.05) is 12.1 Å². The number of hydrogen-bond donors (Lipinski definition) is 0. The van der Waals surface area contributed by atoms with Crippen LogP contribution in [-0.2, 0) is 19.4 Å². The molecule has 3 nitrogen and oxygen atoms in total. The quantitative estimate of drug-likeness (QED) is 0.777. The summed E-state index contributed by atoms with van der Waals surface area (Å²) in [6.07, 6.45) is 3.31. The Morgan fingerprint density at radius 2 is 1.67 bits per heavy atom. The summed E-state index contributed by atoms with van der Waals surface area (Å²) in [7, 11) is 3.38. The normalized spacial score (nSPS) is 14.3. The summed E-state index contributed by atoms with van der Waals surface area (Å²) in [5.41, 5.74) is 4.08. The number of methoxy groups -OCH3 is 2. The molecule has 1 aliphatic heterocycles. The van der Waals surface area contributed by atoms with Crippen LogP contribution in [0.1, 0.15) is 23.1 Å². The van der Waals surface area contributed by atoms with Gasteiger partial charge in [0.05, 0.1) is 14.2 Å². The van der Waals surface area contributed by atoms with Crippen LogP contribution in [0.5, 0.6) is 11.5 Å². The largest absolute Gasteiger partial charge is 0.493 e. The van der Waals surface area contributed by atoms with Crippen molar-refractivity contribution in [1.29, 1.82) is 0 Å². The van der Waals surface area contributed by atoms with Crippen molar-refractivity contribution in [2.45, 2.75) is 25.8 Å². The molecule has 0 saturated heterocycles. The maximum absolute atomic E-state index is 5.93. The van der Waals surface area contributed by atoms with E-state index in [1.54, 1.807) is 14.2 Å². The predicted molar refractivity (Wildman–Crippen MR) is 98.3 cm³/mol. The average Bonchev–Trinajstić information content (AvgIpc) is 2.62. The molecule has 0 radical (unpaired) electrons. The van der Waals surface area contributed by atoms with Crippen LogP contribution < -0.4 is 9.47 Å². The molecule has 0 unspecified atom stereocenters. The highest BCUT2D eigenvalue weighted by Gasteiger charge is 2.19. The number of ether oxygens (including phenoxy) is 2. The molecule has 4 heteroatoms. The van der Waals surface area contributed by atoms with Gasteiger partial charge in [-0.05, 0) is 66.8 Å². The van der Waals surface area contributed by atoms with Crippen molar-refractivity contribution in [3.05, 3.63) is 58.1 Å². The smallest absolute Gasteiger partial charge is 0.161 e. The minimum atomic E-state index is 0.802. The number of hydrogen-bond acceptors (Lipinski definition) is 3. The molecule has 0 spiro atoms. The first-order valence-corrected chi connectivity index (χ1v) is 8.78. The van der Waals surface area contributed by atoms with Gasteiger partial charge in [0, 0.05) is 18.1 Å². The van der Waals surface area contributed by atoms with Crippen LogP contribution in [0.2, 0.25) is 5.02 Å². The molecular formula is C20H24ClNO2. The lowest BCUT2D eigenvalue weighted by molar-refractivity contribution is 0.249. The monoisotopic (exact) mass is 345 g/mol. The lowest BCUT2D eigenvalue weighted by atomic mass is 9.98. The number of aryl methyl sites for hydroxylation is 1. The third-order valence-corrected chi connectivity index (χ3v) is 4.90. The summed E-state index contributed by atoms with van der Waals surface area (Å²) >= 11 is 5.93. The fourth-order valence-corrected chi connectivity index (χ4v) is 3.42. The van der Waals surface area contributed by atoms with Crippen LogP contribution in [-0.4, -0.2) is 32.2 Å². The first-order valence-electron chi connectivity index (χ1n) is 8.40. The number of fused-ring (bicyclic) bond motifs is 1. The van der Waals surface area contributed by atoms with Crippen molar-refractivity contribution < 1.29 is 9.47 Å². The van der Waals surface area contributed by atoms with Gasteiger partial charge < -0.3 is 9.47 Å². The molecule has 128 valence electrons. The maximum atomic E-state index is 5.93. The number of halogens is 1. The summed E-state index contributed by atoms with van der Waals surface area (Å²) in [5.74, 6) is 1.65. The first-order chi connectivity index (χ1) is 11.7. The lowest BCUT2D eigenvalue weighted by Crippen LogP contribution is -2.31. The van der Waals surface area contributed by atoms with Gasteiger partial charge in [-0.2, -0.15) is 0 Å². The van der Waals surface area contributed by atoms with Gasteiger partial charge >= 0.3 is 0 Å². The highest BCUT2D eigenvalue weighted by Crippen LogP contribution is 2.33. The molecule has 1 aliphatic rings. The fraction of sp³-hybridized carbons (Fsp3) is 0.400. The van der Waals surface area contributed by atoms with Gasteiger partial charge in [-0.1, -0.05) is 23.7 Å². The van der Waals surface area contributed by atoms with Crippen LogP contribution >= 0.6 is 11.6 Å². The van der Waals surface area contributed by atoms with Crippen molar-refractivity contribution in [3.8, 4) is 11.5 Å². The molecule has 0 bridgehead atoms. The van der Waals surface area contributed by atoms with Gasteiger partial charge in [-0.25, -0.2) is 0 Å². The number of nitrogens with zero attached hydrogens (tertiary/aromatic N) is 1. The van der Waals surface area contributed by atoms with E-state index in [9.17, 15) is 0 Å². The molecule has 0 amide bonds. The highest BCUT2D eigenvalue weighted by molar-refractivity contribution is 6.30. The zero-order valence-electron chi connectivity index (χ0n) is 14.3. The molecule has 1 heterocycles. The summed E-state index contributed by atoms with van der Waals surface area (Å²) < 4.78 is 10.8. The zero-order chi connectivity index (χ0) is 16.9. The Labute approximate surface area is 149 Å². The third-order valence-electron chi connectivity index (χ3n) is 4.65. The predicted octanol–water partition coefficient (Wildman–Crippen LogP) is 4.35. The molecular weight excluding hydrogens is 322 g/mol. The molecule has 0 atom stereocenters. The van der Waals surface area contributed by atoms with E-state index >= 15 is 0 Å². The summed E-state index contributed by atoms with van der Waals surface area (Å²) in [5, 5.41) is 0.802. The number of benzene rings is 2. The van der Waals surface area contributed by atoms with Crippen LogP contribution in [0.25, 0.3) is 0 Å². The van der Waals surface area contributed by atoms with E-state index in [4.69, 9.17) is 21.1 Å². The Bertz CT molecular complexity index is 685. The standard InChI is InChI=1S/C20H24ClNO2/c1-23-19-12-16-9-11-22(14-17(16)13-20(19)24-2)10-3-4-15-5-7-18(21)8-6-15/h5-8,12-13H,3-4,9-11,14H2,1-2H3. The fourth-order valence-electron chi connectivity index (χ4n) is 3.29. The second kappa shape index (κ2) is 7.91. The van der Waals surface area contributed by atoms with Crippen LogP contribution in [0.3, 0.4) is 0 Å². The van der Waals surface area contributed by atoms with Crippen LogP contribution in [0.15, 0.2) is 36.4 Å². The van der Waals surface area contributed by atoms with Gasteiger partial charge in [0.25, 0.3) is 0 Å². The van der Waals surface area contributed by atoms with E-state index in [2.05, 4.69) is 29.2 Å². The Balaban J connectivity index is 1.57. The third kappa shape index (κ3) is 4.03. The van der Waals surface area contributed by atoms with Gasteiger partial charge in [0.1, 0.15) is 0 Å². The molecule has 24 heavy (non-hydrogen) atoms. The van der Waals surface area contributed by atoms with E-state index in [-0.39, 0.29) is 0 Å². The Kier molecular flexibility index (Phi) is 5.64. The van der Waals surface area contributed by atoms with E-state index in [0.717, 1.165) is 55.4 Å². The Morgan fingerprint density at radius 3 is 2.33 bits per heavy atom. The second-order valence-corrected chi connectivity index (χ2v) is 6.67. The molecule has 3 rings (SSSR count). The Morgan fingerprint density at radius 1 is 1.00 bits per heavy atom. The van der Waals surface area contributed by atoms with Crippen molar-refractivity contribution in [2.75, 3.05) is 27.3 Å². The first kappa shape index (κ1) is 17.1. The minimum absolute atomic E-state index is 0.802. The van der Waals surface area contributed by atoms with Crippen molar-refractivity contribution in [2.24, 2.45) is 0 Å². The van der Waals surface area contributed by atoms with Crippen molar-refractivity contribution >= 4 is 11.6 Å². The average molecular weight is 346 g/mol. The van der Waals surface area contributed by atoms with Crippen molar-refractivity contribution in [1.82, 2.24) is 4.90 Å². The molecule has 2 aromatic carbocycles. The van der Waals surface area contributed by atoms with Gasteiger partial charge in [-0.3, -0.25) is 4.90 Å². The molecule has 0 fully saturated rings. The number of rotatable bonds is 6. The molecule has 0 N–H and O–H groups in total. The zero-order valence-corrected chi connectivity index (χ0v) is 15.1. The maximum Gasteiger partial charge on any atom is 0.161 e. The van der Waals surface area contributed by atoms with Crippen LogP contribution in [0.4, 0.5) is 0 Å². The van der Waals surface area contributed by atoms with Gasteiger partial charge in [0.2, 0.25) is 0 Å². The highest BCUT2D eigenvalue weighted by atomic mass is 35.5. The summed E-state index contributed by atoms with van der Waals surface area (Å²) in [4.78, 5) is 2.52. The SMILES string of the molecule is COc1cc2c(cc1OC)CN(CCCc1ccc(Cl)cc1)CC2. The van der Waals surface area contributed by atoms with Crippen molar-refractivity contribution in [3.63, 3.8) is 0 Å². The Hall–Kier alpha value is -1.71. The molecule has 0 aromatic heterocycles. The van der Waals surface area contributed by atoms with E-state index in [0.29, 0.717) is 0 Å². The second-order valence-electron chi connectivity index (χ2n) is 6.23. The molecule has 2 aromatic rings. The molecule has 0 aliphatic carbocycles. The van der Waals surface area contributed by atoms with Gasteiger partial charge in [-0.15, -0.1) is 0 Å². The van der Waals surface area contributed by atoms with E-state index < -0.39 is 0 Å². The van der Waals surface area contributed by atoms with Gasteiger partial charge in [0.15, 0.2) is 11.5 Å². The minimum Gasteiger partial charge on any atom is -0.493 e. The molecule has 0 saturated carbocycles.